The zero-order valence-electron chi connectivity index (χ0n) is 13.0. The highest BCUT2D eigenvalue weighted by Crippen LogP contribution is 2.28. The van der Waals surface area contributed by atoms with E-state index in [0.29, 0.717) is 22.7 Å². The maximum Gasteiger partial charge on any atom is 0.251 e. The van der Waals surface area contributed by atoms with Crippen molar-refractivity contribution in [2.45, 2.75) is 0 Å². The third-order valence-electron chi connectivity index (χ3n) is 3.13. The number of hydrogen-bond donors (Lipinski definition) is 2. The first-order valence-corrected chi connectivity index (χ1v) is 6.99. The number of benzene rings is 2. The summed E-state index contributed by atoms with van der Waals surface area (Å²) < 4.78 is 10.3. The molecule has 0 aliphatic heterocycles. The van der Waals surface area contributed by atoms with Gasteiger partial charge >= 0.3 is 0 Å². The van der Waals surface area contributed by atoms with E-state index in [9.17, 15) is 9.59 Å². The topological polar surface area (TPSA) is 76.7 Å². The van der Waals surface area contributed by atoms with Gasteiger partial charge in [0.15, 0.2) is 0 Å². The Morgan fingerprint density at radius 3 is 2.39 bits per heavy atom. The van der Waals surface area contributed by atoms with Gasteiger partial charge in [0.1, 0.15) is 11.5 Å². The van der Waals surface area contributed by atoms with E-state index in [1.54, 1.807) is 42.5 Å². The van der Waals surface area contributed by atoms with Crippen LogP contribution in [0.1, 0.15) is 10.4 Å². The minimum absolute atomic E-state index is 0.145. The highest BCUT2D eigenvalue weighted by molar-refractivity contribution is 5.99. The smallest absolute Gasteiger partial charge is 0.251 e. The van der Waals surface area contributed by atoms with E-state index in [4.69, 9.17) is 9.47 Å². The lowest BCUT2D eigenvalue weighted by Gasteiger charge is -2.12. The number of nitrogens with one attached hydrogen (secondary N) is 2. The van der Waals surface area contributed by atoms with E-state index in [-0.39, 0.29) is 18.4 Å². The van der Waals surface area contributed by atoms with Crippen LogP contribution in [-0.2, 0) is 4.79 Å². The molecule has 0 saturated carbocycles. The lowest BCUT2D eigenvalue weighted by atomic mass is 10.2. The first-order chi connectivity index (χ1) is 11.1. The Bertz CT molecular complexity index is 686. The molecule has 0 radical (unpaired) electrons. The molecular formula is C17H18N2O4. The normalized spacial score (nSPS) is 9.83. The molecule has 2 aromatic carbocycles. The largest absolute Gasteiger partial charge is 0.497 e. The molecule has 0 saturated heterocycles. The Kier molecular flexibility index (Phi) is 5.57. The third-order valence-corrected chi connectivity index (χ3v) is 3.13. The standard InChI is InChI=1S/C17H18N2O4/c1-22-13-8-9-15(23-2)14(10-13)19-16(20)11-18-17(21)12-6-4-3-5-7-12/h3-10H,11H2,1-2H3,(H,18,21)(H,19,20). The lowest BCUT2D eigenvalue weighted by Crippen LogP contribution is -2.32. The van der Waals surface area contributed by atoms with Crippen LogP contribution in [0.25, 0.3) is 0 Å². The number of amides is 2. The number of rotatable bonds is 6. The Morgan fingerprint density at radius 1 is 1.00 bits per heavy atom. The molecule has 0 atom stereocenters. The van der Waals surface area contributed by atoms with E-state index < -0.39 is 0 Å². The maximum atomic E-state index is 12.0. The van der Waals surface area contributed by atoms with Gasteiger partial charge in [-0.15, -0.1) is 0 Å². The second kappa shape index (κ2) is 7.84. The molecule has 6 heteroatoms. The van der Waals surface area contributed by atoms with Gasteiger partial charge in [-0.2, -0.15) is 0 Å². The van der Waals surface area contributed by atoms with E-state index in [0.717, 1.165) is 0 Å². The zero-order chi connectivity index (χ0) is 16.7. The predicted molar refractivity (Wildman–Crippen MR) is 87.0 cm³/mol. The first kappa shape index (κ1) is 16.4. The van der Waals surface area contributed by atoms with Gasteiger partial charge in [0.25, 0.3) is 5.91 Å². The van der Waals surface area contributed by atoms with E-state index >= 15 is 0 Å². The Hall–Kier alpha value is -3.02. The average molecular weight is 314 g/mol. The number of carbonyl (C=O) groups is 2. The lowest BCUT2D eigenvalue weighted by molar-refractivity contribution is -0.115. The van der Waals surface area contributed by atoms with Crippen molar-refractivity contribution in [3.05, 3.63) is 54.1 Å². The molecule has 0 bridgehead atoms. The highest BCUT2D eigenvalue weighted by Gasteiger charge is 2.11. The Balaban J connectivity index is 1.96. The molecular weight excluding hydrogens is 296 g/mol. The molecule has 2 amide bonds. The molecule has 0 spiro atoms. The van der Waals surface area contributed by atoms with Gasteiger partial charge in [0.2, 0.25) is 5.91 Å². The molecule has 0 fully saturated rings. The first-order valence-electron chi connectivity index (χ1n) is 6.99. The molecule has 0 aliphatic rings. The monoisotopic (exact) mass is 314 g/mol. The summed E-state index contributed by atoms with van der Waals surface area (Å²) in [5, 5.41) is 5.25. The van der Waals surface area contributed by atoms with Crippen LogP contribution < -0.4 is 20.1 Å². The van der Waals surface area contributed by atoms with Crippen molar-refractivity contribution in [3.8, 4) is 11.5 Å². The van der Waals surface area contributed by atoms with Crippen LogP contribution in [0.3, 0.4) is 0 Å². The van der Waals surface area contributed by atoms with Crippen molar-refractivity contribution < 1.29 is 19.1 Å². The van der Waals surface area contributed by atoms with Crippen molar-refractivity contribution in [1.29, 1.82) is 0 Å². The molecule has 120 valence electrons. The molecule has 6 nitrogen and oxygen atoms in total. The fourth-order valence-electron chi connectivity index (χ4n) is 1.96. The molecule has 0 aliphatic carbocycles. The van der Waals surface area contributed by atoms with Gasteiger partial charge < -0.3 is 20.1 Å². The van der Waals surface area contributed by atoms with Crippen LogP contribution >= 0.6 is 0 Å². The molecule has 23 heavy (non-hydrogen) atoms. The molecule has 0 aromatic heterocycles. The van der Waals surface area contributed by atoms with Gasteiger partial charge in [-0.1, -0.05) is 18.2 Å². The van der Waals surface area contributed by atoms with Gasteiger partial charge in [-0.25, -0.2) is 0 Å². The van der Waals surface area contributed by atoms with Crippen LogP contribution in [0.4, 0.5) is 5.69 Å². The molecule has 2 aromatic rings. The summed E-state index contributed by atoms with van der Waals surface area (Å²) in [6.45, 7) is -0.145. The van der Waals surface area contributed by atoms with Gasteiger partial charge in [0, 0.05) is 11.6 Å². The number of anilines is 1. The second-order valence-electron chi connectivity index (χ2n) is 4.66. The predicted octanol–water partition coefficient (Wildman–Crippen LogP) is 2.07. The van der Waals surface area contributed by atoms with Crippen molar-refractivity contribution in [1.82, 2.24) is 5.32 Å². The summed E-state index contributed by atoms with van der Waals surface area (Å²) in [4.78, 5) is 23.9. The van der Waals surface area contributed by atoms with E-state index in [1.165, 1.54) is 14.2 Å². The average Bonchev–Trinajstić information content (AvgIpc) is 2.60. The number of methoxy groups -OCH3 is 2. The maximum absolute atomic E-state index is 12.0. The number of carbonyl (C=O) groups excluding carboxylic acids is 2. The fourth-order valence-corrected chi connectivity index (χ4v) is 1.96. The molecule has 2 N–H and O–H groups in total. The Morgan fingerprint density at radius 2 is 1.74 bits per heavy atom. The van der Waals surface area contributed by atoms with Crippen LogP contribution in [0.2, 0.25) is 0 Å². The van der Waals surface area contributed by atoms with E-state index in [2.05, 4.69) is 10.6 Å². The fraction of sp³-hybridized carbons (Fsp3) is 0.176. The van der Waals surface area contributed by atoms with Crippen LogP contribution in [0.15, 0.2) is 48.5 Å². The summed E-state index contributed by atoms with van der Waals surface area (Å²) in [5.74, 6) is 0.433. The van der Waals surface area contributed by atoms with Gasteiger partial charge in [-0.3, -0.25) is 9.59 Å². The quantitative estimate of drug-likeness (QED) is 0.856. The minimum atomic E-state index is -0.360. The summed E-state index contributed by atoms with van der Waals surface area (Å²) in [6.07, 6.45) is 0. The Labute approximate surface area is 134 Å². The second-order valence-corrected chi connectivity index (χ2v) is 4.66. The minimum Gasteiger partial charge on any atom is -0.497 e. The number of ether oxygens (including phenoxy) is 2. The van der Waals surface area contributed by atoms with Crippen molar-refractivity contribution in [3.63, 3.8) is 0 Å². The van der Waals surface area contributed by atoms with Crippen LogP contribution in [0, 0.1) is 0 Å². The molecule has 0 unspecified atom stereocenters. The molecule has 2 rings (SSSR count). The highest BCUT2D eigenvalue weighted by atomic mass is 16.5. The van der Waals surface area contributed by atoms with Gasteiger partial charge in [-0.05, 0) is 24.3 Å². The van der Waals surface area contributed by atoms with Crippen LogP contribution in [-0.4, -0.2) is 32.6 Å². The molecule has 0 heterocycles. The van der Waals surface area contributed by atoms with E-state index in [1.807, 2.05) is 6.07 Å². The summed E-state index contributed by atoms with van der Waals surface area (Å²) >= 11 is 0. The van der Waals surface area contributed by atoms with Gasteiger partial charge in [0.05, 0.1) is 26.5 Å². The summed E-state index contributed by atoms with van der Waals surface area (Å²) in [5.41, 5.74) is 0.977. The van der Waals surface area contributed by atoms with Crippen LogP contribution in [0.5, 0.6) is 11.5 Å². The third kappa shape index (κ3) is 4.47. The zero-order valence-corrected chi connectivity index (χ0v) is 13.0. The summed E-state index contributed by atoms with van der Waals surface area (Å²) in [6, 6.07) is 13.8. The number of hydrogen-bond acceptors (Lipinski definition) is 4. The van der Waals surface area contributed by atoms with Crippen molar-refractivity contribution >= 4 is 17.5 Å². The summed E-state index contributed by atoms with van der Waals surface area (Å²) in [7, 11) is 3.04. The SMILES string of the molecule is COc1ccc(OC)c(NC(=O)CNC(=O)c2ccccc2)c1. The van der Waals surface area contributed by atoms with Crippen molar-refractivity contribution in [2.24, 2.45) is 0 Å². The van der Waals surface area contributed by atoms with Crippen molar-refractivity contribution in [2.75, 3.05) is 26.1 Å².